The molecule has 3 heteroatoms. The summed E-state index contributed by atoms with van der Waals surface area (Å²) < 4.78 is 0. The van der Waals surface area contributed by atoms with Crippen LogP contribution in [0.3, 0.4) is 0 Å². The Labute approximate surface area is 125 Å². The molecule has 1 heterocycles. The SMILES string of the molecule is ClCCCN(CC1Cc2ccccc2S1)C1CCC1. The van der Waals surface area contributed by atoms with E-state index in [2.05, 4.69) is 40.9 Å². The normalized spacial score (nSPS) is 22.5. The molecule has 0 spiro atoms. The van der Waals surface area contributed by atoms with Crippen LogP contribution in [-0.4, -0.2) is 35.2 Å². The van der Waals surface area contributed by atoms with Crippen molar-refractivity contribution in [3.8, 4) is 0 Å². The van der Waals surface area contributed by atoms with Crippen LogP contribution < -0.4 is 0 Å². The van der Waals surface area contributed by atoms with Crippen molar-refractivity contribution in [3.05, 3.63) is 29.8 Å². The van der Waals surface area contributed by atoms with Gasteiger partial charge in [-0.2, -0.15) is 0 Å². The molecule has 1 atom stereocenters. The summed E-state index contributed by atoms with van der Waals surface area (Å²) in [6.07, 6.45) is 6.58. The van der Waals surface area contributed by atoms with Crippen molar-refractivity contribution in [2.75, 3.05) is 19.0 Å². The van der Waals surface area contributed by atoms with Gasteiger partial charge in [-0.15, -0.1) is 23.4 Å². The summed E-state index contributed by atoms with van der Waals surface area (Å²) in [5, 5.41) is 0.744. The molecule has 1 fully saturated rings. The van der Waals surface area contributed by atoms with E-state index in [1.165, 1.54) is 43.7 Å². The van der Waals surface area contributed by atoms with Gasteiger partial charge in [0.2, 0.25) is 0 Å². The van der Waals surface area contributed by atoms with E-state index >= 15 is 0 Å². The number of fused-ring (bicyclic) bond motifs is 1. The van der Waals surface area contributed by atoms with Gasteiger partial charge in [0.25, 0.3) is 0 Å². The van der Waals surface area contributed by atoms with Crippen LogP contribution >= 0.6 is 23.4 Å². The van der Waals surface area contributed by atoms with Gasteiger partial charge in [0.1, 0.15) is 0 Å². The average Bonchev–Trinajstić information content (AvgIpc) is 2.76. The Kier molecular flexibility index (Phi) is 4.73. The van der Waals surface area contributed by atoms with Crippen molar-refractivity contribution in [1.29, 1.82) is 0 Å². The molecule has 1 aromatic rings. The fraction of sp³-hybridized carbons (Fsp3) is 0.625. The number of alkyl halides is 1. The lowest BCUT2D eigenvalue weighted by molar-refractivity contribution is 0.128. The summed E-state index contributed by atoms with van der Waals surface area (Å²) in [5.41, 5.74) is 1.54. The molecule has 1 aliphatic carbocycles. The highest BCUT2D eigenvalue weighted by molar-refractivity contribution is 8.00. The number of nitrogens with zero attached hydrogens (tertiary/aromatic N) is 1. The number of halogens is 1. The van der Waals surface area contributed by atoms with Crippen LogP contribution in [0.5, 0.6) is 0 Å². The van der Waals surface area contributed by atoms with E-state index in [9.17, 15) is 0 Å². The van der Waals surface area contributed by atoms with E-state index < -0.39 is 0 Å². The molecular formula is C16H22ClNS. The van der Waals surface area contributed by atoms with E-state index in [0.717, 1.165) is 23.6 Å². The third kappa shape index (κ3) is 3.29. The van der Waals surface area contributed by atoms with Gasteiger partial charge in [-0.25, -0.2) is 0 Å². The third-order valence-corrected chi connectivity index (χ3v) is 5.89. The Morgan fingerprint density at radius 3 is 2.79 bits per heavy atom. The molecule has 0 amide bonds. The molecule has 0 saturated heterocycles. The minimum atomic E-state index is 0.744. The summed E-state index contributed by atoms with van der Waals surface area (Å²) in [6, 6.07) is 9.72. The second kappa shape index (κ2) is 6.51. The van der Waals surface area contributed by atoms with Crippen LogP contribution in [0.4, 0.5) is 0 Å². The fourth-order valence-corrected chi connectivity index (χ4v) is 4.52. The monoisotopic (exact) mass is 295 g/mol. The fourth-order valence-electron chi connectivity index (χ4n) is 3.05. The van der Waals surface area contributed by atoms with Crippen molar-refractivity contribution >= 4 is 23.4 Å². The second-order valence-corrected chi connectivity index (χ2v) is 7.39. The maximum Gasteiger partial charge on any atom is 0.0263 e. The van der Waals surface area contributed by atoms with Gasteiger partial charge in [0.15, 0.2) is 0 Å². The number of rotatable bonds is 6. The summed E-state index contributed by atoms with van der Waals surface area (Å²) in [5.74, 6) is 0.793. The standard InChI is InChI=1S/C16H22ClNS/c17-9-4-10-18(14-6-3-7-14)12-15-11-13-5-1-2-8-16(13)19-15/h1-2,5,8,14-15H,3-4,6-7,9-12H2. The zero-order chi connectivity index (χ0) is 13.1. The first-order valence-corrected chi connectivity index (χ1v) is 8.83. The maximum atomic E-state index is 5.87. The first-order valence-electron chi connectivity index (χ1n) is 7.41. The van der Waals surface area contributed by atoms with Gasteiger partial charge in [0.05, 0.1) is 0 Å². The van der Waals surface area contributed by atoms with Crippen LogP contribution in [-0.2, 0) is 6.42 Å². The number of benzene rings is 1. The number of hydrogen-bond acceptors (Lipinski definition) is 2. The molecule has 1 saturated carbocycles. The van der Waals surface area contributed by atoms with Gasteiger partial charge < -0.3 is 0 Å². The summed E-state index contributed by atoms with van der Waals surface area (Å²) in [6.45, 7) is 2.42. The second-order valence-electron chi connectivity index (χ2n) is 5.67. The molecule has 2 aliphatic rings. The molecule has 1 unspecified atom stereocenters. The van der Waals surface area contributed by atoms with Crippen molar-refractivity contribution in [3.63, 3.8) is 0 Å². The Hall–Kier alpha value is -0.180. The van der Waals surface area contributed by atoms with E-state index in [1.54, 1.807) is 5.56 Å². The molecule has 104 valence electrons. The predicted octanol–water partition coefficient (Wildman–Crippen LogP) is 4.19. The molecule has 19 heavy (non-hydrogen) atoms. The first-order chi connectivity index (χ1) is 9.36. The zero-order valence-electron chi connectivity index (χ0n) is 11.4. The Balaban J connectivity index is 1.57. The van der Waals surface area contributed by atoms with E-state index in [-0.39, 0.29) is 0 Å². The molecule has 1 aliphatic heterocycles. The Morgan fingerprint density at radius 2 is 2.11 bits per heavy atom. The van der Waals surface area contributed by atoms with Crippen LogP contribution in [0.1, 0.15) is 31.2 Å². The average molecular weight is 296 g/mol. The molecule has 3 rings (SSSR count). The quantitative estimate of drug-likeness (QED) is 0.724. The Morgan fingerprint density at radius 1 is 1.26 bits per heavy atom. The minimum absolute atomic E-state index is 0.744. The lowest BCUT2D eigenvalue weighted by Gasteiger charge is -2.38. The van der Waals surface area contributed by atoms with Crippen LogP contribution in [0.25, 0.3) is 0 Å². The zero-order valence-corrected chi connectivity index (χ0v) is 12.9. The topological polar surface area (TPSA) is 3.24 Å². The van der Waals surface area contributed by atoms with Crippen molar-refractivity contribution in [2.45, 2.75) is 48.3 Å². The first kappa shape index (κ1) is 13.8. The molecular weight excluding hydrogens is 274 g/mol. The molecule has 1 nitrogen and oxygen atoms in total. The number of hydrogen-bond donors (Lipinski definition) is 0. The lowest BCUT2D eigenvalue weighted by Crippen LogP contribution is -2.44. The van der Waals surface area contributed by atoms with Gasteiger partial charge in [-0.3, -0.25) is 4.90 Å². The smallest absolute Gasteiger partial charge is 0.0263 e. The van der Waals surface area contributed by atoms with Crippen molar-refractivity contribution in [2.24, 2.45) is 0 Å². The van der Waals surface area contributed by atoms with E-state index in [0.29, 0.717) is 0 Å². The van der Waals surface area contributed by atoms with Crippen molar-refractivity contribution in [1.82, 2.24) is 4.90 Å². The lowest BCUT2D eigenvalue weighted by atomic mass is 9.91. The van der Waals surface area contributed by atoms with Crippen LogP contribution in [0.2, 0.25) is 0 Å². The predicted molar refractivity (Wildman–Crippen MR) is 84.3 cm³/mol. The summed E-state index contributed by atoms with van der Waals surface area (Å²) in [4.78, 5) is 4.20. The third-order valence-electron chi connectivity index (χ3n) is 4.32. The summed E-state index contributed by atoms with van der Waals surface area (Å²) in [7, 11) is 0. The minimum Gasteiger partial charge on any atom is -0.299 e. The van der Waals surface area contributed by atoms with Gasteiger partial charge in [0, 0.05) is 28.6 Å². The maximum absolute atomic E-state index is 5.87. The molecule has 0 bridgehead atoms. The van der Waals surface area contributed by atoms with E-state index in [1.807, 2.05) is 0 Å². The largest absolute Gasteiger partial charge is 0.299 e. The van der Waals surface area contributed by atoms with Gasteiger partial charge in [-0.05, 0) is 43.9 Å². The number of thioether (sulfide) groups is 1. The highest BCUT2D eigenvalue weighted by Crippen LogP contribution is 2.38. The Bertz CT molecular complexity index is 394. The van der Waals surface area contributed by atoms with Gasteiger partial charge >= 0.3 is 0 Å². The summed E-state index contributed by atoms with van der Waals surface area (Å²) >= 11 is 7.94. The molecule has 1 aromatic carbocycles. The highest BCUT2D eigenvalue weighted by atomic mass is 35.5. The van der Waals surface area contributed by atoms with Gasteiger partial charge in [-0.1, -0.05) is 24.6 Å². The molecule has 0 radical (unpaired) electrons. The van der Waals surface area contributed by atoms with E-state index in [4.69, 9.17) is 11.6 Å². The van der Waals surface area contributed by atoms with Crippen molar-refractivity contribution < 1.29 is 0 Å². The highest BCUT2D eigenvalue weighted by Gasteiger charge is 2.29. The molecule has 0 N–H and O–H groups in total. The van der Waals surface area contributed by atoms with Crippen LogP contribution in [0.15, 0.2) is 29.2 Å². The molecule has 0 aromatic heterocycles. The van der Waals surface area contributed by atoms with Crippen LogP contribution in [0, 0.1) is 0 Å².